The molecule has 0 aliphatic rings. The number of hydrogen-bond acceptors (Lipinski definition) is 8. The fourth-order valence-electron chi connectivity index (χ4n) is 2.40. The molecule has 9 heteroatoms. The number of thioether (sulfide) groups is 1. The maximum absolute atomic E-state index is 12.5. The molecule has 1 aromatic carbocycles. The Hall–Kier alpha value is -3.38. The smallest absolute Gasteiger partial charge is 0.259 e. The quantitative estimate of drug-likeness (QED) is 0.583. The van der Waals surface area contributed by atoms with Gasteiger partial charge in [0.15, 0.2) is 5.82 Å². The van der Waals surface area contributed by atoms with Crippen molar-refractivity contribution in [1.29, 1.82) is 5.26 Å². The van der Waals surface area contributed by atoms with Gasteiger partial charge >= 0.3 is 0 Å². The SMILES string of the molecule is CCCc1nc(CSc2nc(N)c(C(=O)Nc3ccccc3)cc2C#N)no1. The third-order valence-electron chi connectivity index (χ3n) is 3.73. The van der Waals surface area contributed by atoms with E-state index in [0.29, 0.717) is 28.2 Å². The number of carbonyl (C=O) groups is 1. The van der Waals surface area contributed by atoms with Crippen LogP contribution in [0.2, 0.25) is 0 Å². The first-order chi connectivity index (χ1) is 13.6. The van der Waals surface area contributed by atoms with E-state index in [2.05, 4.69) is 26.5 Å². The lowest BCUT2D eigenvalue weighted by atomic mass is 10.2. The topological polar surface area (TPSA) is 131 Å². The molecule has 0 atom stereocenters. The summed E-state index contributed by atoms with van der Waals surface area (Å²) < 4.78 is 5.14. The van der Waals surface area contributed by atoms with E-state index in [1.165, 1.54) is 17.8 Å². The number of aromatic nitrogens is 3. The van der Waals surface area contributed by atoms with E-state index in [4.69, 9.17) is 10.3 Å². The van der Waals surface area contributed by atoms with Gasteiger partial charge in [-0.3, -0.25) is 4.79 Å². The molecule has 0 radical (unpaired) electrons. The second kappa shape index (κ2) is 9.01. The van der Waals surface area contributed by atoms with Crippen molar-refractivity contribution in [3.05, 3.63) is 59.2 Å². The highest BCUT2D eigenvalue weighted by Gasteiger charge is 2.17. The number of nitrogens with one attached hydrogen (secondary N) is 1. The number of nitrogens with zero attached hydrogens (tertiary/aromatic N) is 4. The number of amides is 1. The second-order valence-electron chi connectivity index (χ2n) is 5.85. The number of nitrogens with two attached hydrogens (primary N) is 1. The van der Waals surface area contributed by atoms with Crippen molar-refractivity contribution in [2.45, 2.75) is 30.5 Å². The molecule has 8 nitrogen and oxygen atoms in total. The number of anilines is 2. The van der Waals surface area contributed by atoms with Gasteiger partial charge in [0.1, 0.15) is 16.9 Å². The lowest BCUT2D eigenvalue weighted by Crippen LogP contribution is -2.15. The molecule has 3 rings (SSSR count). The monoisotopic (exact) mass is 394 g/mol. The number of aryl methyl sites for hydroxylation is 1. The van der Waals surface area contributed by atoms with Gasteiger partial charge in [-0.05, 0) is 24.6 Å². The van der Waals surface area contributed by atoms with Crippen LogP contribution in [-0.4, -0.2) is 21.0 Å². The number of rotatable bonds is 7. The van der Waals surface area contributed by atoms with Crippen LogP contribution in [0, 0.1) is 11.3 Å². The number of pyridine rings is 1. The van der Waals surface area contributed by atoms with Crippen molar-refractivity contribution in [3.8, 4) is 6.07 Å². The van der Waals surface area contributed by atoms with Crippen LogP contribution >= 0.6 is 11.8 Å². The molecule has 0 spiro atoms. The molecule has 0 saturated carbocycles. The maximum atomic E-state index is 12.5. The van der Waals surface area contributed by atoms with E-state index in [1.807, 2.05) is 25.1 Å². The van der Waals surface area contributed by atoms with Gasteiger partial charge < -0.3 is 15.6 Å². The molecule has 0 bridgehead atoms. The first-order valence-corrected chi connectivity index (χ1v) is 9.60. The highest BCUT2D eigenvalue weighted by Crippen LogP contribution is 2.27. The fraction of sp³-hybridized carbons (Fsp3) is 0.211. The lowest BCUT2D eigenvalue weighted by Gasteiger charge is -2.09. The first-order valence-electron chi connectivity index (χ1n) is 8.62. The molecule has 0 fully saturated rings. The van der Waals surface area contributed by atoms with Gasteiger partial charge in [-0.15, -0.1) is 0 Å². The summed E-state index contributed by atoms with van der Waals surface area (Å²) in [7, 11) is 0. The summed E-state index contributed by atoms with van der Waals surface area (Å²) in [6.45, 7) is 2.03. The zero-order chi connectivity index (χ0) is 19.9. The fourth-order valence-corrected chi connectivity index (χ4v) is 3.20. The molecule has 0 aliphatic heterocycles. The minimum atomic E-state index is -0.424. The minimum absolute atomic E-state index is 0.0507. The molecule has 3 aromatic rings. The van der Waals surface area contributed by atoms with Crippen LogP contribution in [0.15, 0.2) is 45.9 Å². The van der Waals surface area contributed by atoms with Gasteiger partial charge in [0, 0.05) is 12.1 Å². The molecular weight excluding hydrogens is 376 g/mol. The van der Waals surface area contributed by atoms with Gasteiger partial charge in [-0.2, -0.15) is 10.2 Å². The van der Waals surface area contributed by atoms with Gasteiger partial charge in [0.05, 0.1) is 16.9 Å². The summed E-state index contributed by atoms with van der Waals surface area (Å²) in [6, 6.07) is 12.5. The van der Waals surface area contributed by atoms with Crippen molar-refractivity contribution < 1.29 is 9.32 Å². The number of para-hydroxylation sites is 1. The average molecular weight is 394 g/mol. The van der Waals surface area contributed by atoms with Crippen LogP contribution in [0.4, 0.5) is 11.5 Å². The van der Waals surface area contributed by atoms with E-state index >= 15 is 0 Å². The summed E-state index contributed by atoms with van der Waals surface area (Å²) in [5.74, 6) is 1.10. The van der Waals surface area contributed by atoms with Crippen LogP contribution in [-0.2, 0) is 12.2 Å². The molecular formula is C19H18N6O2S. The maximum Gasteiger partial charge on any atom is 0.259 e. The largest absolute Gasteiger partial charge is 0.383 e. The van der Waals surface area contributed by atoms with Crippen molar-refractivity contribution in [2.24, 2.45) is 0 Å². The van der Waals surface area contributed by atoms with E-state index in [1.54, 1.807) is 12.1 Å². The lowest BCUT2D eigenvalue weighted by molar-refractivity contribution is 0.102. The summed E-state index contributed by atoms with van der Waals surface area (Å²) in [5, 5.41) is 16.5. The van der Waals surface area contributed by atoms with Gasteiger partial charge in [0.25, 0.3) is 5.91 Å². The Balaban J connectivity index is 1.75. The minimum Gasteiger partial charge on any atom is -0.383 e. The number of benzene rings is 1. The van der Waals surface area contributed by atoms with E-state index in [-0.39, 0.29) is 16.9 Å². The molecule has 0 saturated heterocycles. The van der Waals surface area contributed by atoms with Crippen LogP contribution in [0.25, 0.3) is 0 Å². The number of nitriles is 1. The van der Waals surface area contributed by atoms with Gasteiger partial charge in [0.2, 0.25) is 5.89 Å². The molecule has 1 amide bonds. The Morgan fingerprint density at radius 1 is 1.32 bits per heavy atom. The Labute approximate surface area is 166 Å². The van der Waals surface area contributed by atoms with E-state index in [9.17, 15) is 10.1 Å². The Bertz CT molecular complexity index is 1010. The second-order valence-corrected chi connectivity index (χ2v) is 6.81. The normalized spacial score (nSPS) is 10.4. The average Bonchev–Trinajstić information content (AvgIpc) is 3.15. The van der Waals surface area contributed by atoms with Crippen molar-refractivity contribution in [3.63, 3.8) is 0 Å². The van der Waals surface area contributed by atoms with Crippen molar-refractivity contribution >= 4 is 29.2 Å². The van der Waals surface area contributed by atoms with E-state index in [0.717, 1.165) is 12.8 Å². The Morgan fingerprint density at radius 2 is 2.11 bits per heavy atom. The Morgan fingerprint density at radius 3 is 2.82 bits per heavy atom. The zero-order valence-electron chi connectivity index (χ0n) is 15.2. The van der Waals surface area contributed by atoms with Gasteiger partial charge in [-0.25, -0.2) is 4.98 Å². The van der Waals surface area contributed by atoms with Crippen molar-refractivity contribution in [2.75, 3.05) is 11.1 Å². The summed E-state index contributed by atoms with van der Waals surface area (Å²) in [6.07, 6.45) is 1.63. The summed E-state index contributed by atoms with van der Waals surface area (Å²) in [4.78, 5) is 21.0. The predicted molar refractivity (Wildman–Crippen MR) is 106 cm³/mol. The molecule has 2 aromatic heterocycles. The zero-order valence-corrected chi connectivity index (χ0v) is 16.0. The van der Waals surface area contributed by atoms with Gasteiger partial charge in [-0.1, -0.05) is 42.0 Å². The summed E-state index contributed by atoms with van der Waals surface area (Å²) in [5.41, 5.74) is 7.00. The molecule has 28 heavy (non-hydrogen) atoms. The van der Waals surface area contributed by atoms with Crippen LogP contribution in [0.3, 0.4) is 0 Å². The van der Waals surface area contributed by atoms with Crippen LogP contribution in [0.5, 0.6) is 0 Å². The molecule has 2 heterocycles. The third kappa shape index (κ3) is 4.66. The van der Waals surface area contributed by atoms with E-state index < -0.39 is 5.91 Å². The molecule has 142 valence electrons. The van der Waals surface area contributed by atoms with Crippen LogP contribution < -0.4 is 11.1 Å². The van der Waals surface area contributed by atoms with Crippen molar-refractivity contribution in [1.82, 2.24) is 15.1 Å². The van der Waals surface area contributed by atoms with Crippen LogP contribution in [0.1, 0.15) is 41.0 Å². The molecule has 0 unspecified atom stereocenters. The predicted octanol–water partition coefficient (Wildman–Crippen LogP) is 3.42. The highest BCUT2D eigenvalue weighted by molar-refractivity contribution is 7.98. The highest BCUT2D eigenvalue weighted by atomic mass is 32.2. The number of carbonyl (C=O) groups excluding carboxylic acids is 1. The standard InChI is InChI=1S/C19H18N6O2S/c1-2-6-16-23-15(25-27-16)11-28-19-12(10-20)9-14(17(21)24-19)18(26)22-13-7-4-3-5-8-13/h3-5,7-9H,2,6,11H2,1H3,(H2,21,24)(H,22,26). The molecule has 0 aliphatic carbocycles. The first kappa shape index (κ1) is 19.4. The third-order valence-corrected chi connectivity index (χ3v) is 4.71. The number of nitrogen functional groups attached to an aromatic ring is 1. The Kier molecular flexibility index (Phi) is 6.24. The summed E-state index contributed by atoms with van der Waals surface area (Å²) >= 11 is 1.26. The molecule has 3 N–H and O–H groups in total. The number of hydrogen-bond donors (Lipinski definition) is 2.